The minimum atomic E-state index is -3.32. The van der Waals surface area contributed by atoms with E-state index in [4.69, 9.17) is 5.11 Å². The minimum absolute atomic E-state index is 0.240. The molecule has 1 aromatic carbocycles. The van der Waals surface area contributed by atoms with Gasteiger partial charge in [-0.15, -0.1) is 0 Å². The molecule has 3 nitrogen and oxygen atoms in total. The number of aryl methyl sites for hydroxylation is 1. The molecule has 0 atom stereocenters. The van der Waals surface area contributed by atoms with Crippen LogP contribution in [-0.4, -0.2) is 20.1 Å². The third kappa shape index (κ3) is 1.19. The van der Waals surface area contributed by atoms with E-state index in [9.17, 15) is 8.42 Å². The highest BCUT2D eigenvalue weighted by Crippen LogP contribution is 2.34. The van der Waals surface area contributed by atoms with Crippen LogP contribution in [-0.2, 0) is 9.84 Å². The lowest BCUT2D eigenvalue weighted by molar-refractivity contribution is 0.350. The summed E-state index contributed by atoms with van der Waals surface area (Å²) in [5.74, 6) is 0. The fourth-order valence-corrected chi connectivity index (χ4v) is 3.43. The van der Waals surface area contributed by atoms with Crippen LogP contribution < -0.4 is 0 Å². The molecule has 0 aromatic heterocycles. The third-order valence-corrected chi connectivity index (χ3v) is 4.02. The zero-order valence-corrected chi connectivity index (χ0v) is 8.50. The van der Waals surface area contributed by atoms with Gasteiger partial charge in [0, 0.05) is 5.41 Å². The fraction of sp³-hybridized carbons (Fsp3) is 0.200. The van der Waals surface area contributed by atoms with Crippen molar-refractivity contribution in [1.29, 1.82) is 0 Å². The van der Waals surface area contributed by atoms with Gasteiger partial charge in [-0.05, 0) is 23.6 Å². The molecule has 1 aliphatic heterocycles. The van der Waals surface area contributed by atoms with Crippen molar-refractivity contribution in [2.45, 2.75) is 11.8 Å². The van der Waals surface area contributed by atoms with Gasteiger partial charge < -0.3 is 5.11 Å². The Kier molecular flexibility index (Phi) is 1.97. The number of aliphatic hydroxyl groups excluding tert-OH is 1. The maximum absolute atomic E-state index is 11.7. The Labute approximate surface area is 82.6 Å². The number of rotatable bonds is 1. The minimum Gasteiger partial charge on any atom is -0.392 e. The van der Waals surface area contributed by atoms with Crippen molar-refractivity contribution in [2.75, 3.05) is 6.61 Å². The van der Waals surface area contributed by atoms with Gasteiger partial charge in [-0.3, -0.25) is 0 Å². The van der Waals surface area contributed by atoms with E-state index in [-0.39, 0.29) is 6.61 Å². The summed E-state index contributed by atoms with van der Waals surface area (Å²) >= 11 is 0. The van der Waals surface area contributed by atoms with E-state index in [1.54, 1.807) is 25.1 Å². The number of fused-ring (bicyclic) bond motifs is 1. The topological polar surface area (TPSA) is 54.4 Å². The van der Waals surface area contributed by atoms with Crippen LogP contribution in [0.15, 0.2) is 28.5 Å². The van der Waals surface area contributed by atoms with Gasteiger partial charge in [0.15, 0.2) is 0 Å². The highest BCUT2D eigenvalue weighted by atomic mass is 32.2. The second kappa shape index (κ2) is 2.93. The molecule has 1 aliphatic rings. The van der Waals surface area contributed by atoms with E-state index in [1.165, 1.54) is 0 Å². The molecular weight excluding hydrogens is 200 g/mol. The summed E-state index contributed by atoms with van der Waals surface area (Å²) in [6, 6.07) is 5.26. The molecular formula is C10H10O3S. The number of aliphatic hydroxyl groups is 1. The van der Waals surface area contributed by atoms with Crippen LogP contribution in [0.2, 0.25) is 0 Å². The Balaban J connectivity index is 2.82. The molecule has 1 N–H and O–H groups in total. The average molecular weight is 210 g/mol. The van der Waals surface area contributed by atoms with Crippen LogP contribution in [0.3, 0.4) is 0 Å². The molecule has 1 heterocycles. The maximum atomic E-state index is 11.7. The second-order valence-corrected chi connectivity index (χ2v) is 5.03. The van der Waals surface area contributed by atoms with Crippen LogP contribution in [0.1, 0.15) is 11.1 Å². The average Bonchev–Trinajstić information content (AvgIpc) is 2.39. The number of sulfone groups is 1. The highest BCUT2D eigenvalue weighted by Gasteiger charge is 2.27. The van der Waals surface area contributed by atoms with Gasteiger partial charge in [0.25, 0.3) is 0 Å². The quantitative estimate of drug-likeness (QED) is 0.755. The van der Waals surface area contributed by atoms with E-state index < -0.39 is 9.84 Å². The molecule has 0 aliphatic carbocycles. The van der Waals surface area contributed by atoms with Crippen molar-refractivity contribution in [3.63, 3.8) is 0 Å². The van der Waals surface area contributed by atoms with Crippen molar-refractivity contribution in [3.8, 4) is 0 Å². The maximum Gasteiger partial charge on any atom is 0.201 e. The second-order valence-electron chi connectivity index (χ2n) is 3.30. The van der Waals surface area contributed by atoms with E-state index >= 15 is 0 Å². The molecule has 0 bridgehead atoms. The van der Waals surface area contributed by atoms with Crippen molar-refractivity contribution in [3.05, 3.63) is 34.7 Å². The molecule has 0 amide bonds. The van der Waals surface area contributed by atoms with Crippen molar-refractivity contribution < 1.29 is 13.5 Å². The van der Waals surface area contributed by atoms with Crippen LogP contribution >= 0.6 is 0 Å². The first-order valence-electron chi connectivity index (χ1n) is 4.23. The van der Waals surface area contributed by atoms with Crippen LogP contribution in [0.4, 0.5) is 0 Å². The molecule has 2 rings (SSSR count). The fourth-order valence-electron chi connectivity index (χ4n) is 1.72. The molecule has 1 aromatic rings. The molecule has 74 valence electrons. The van der Waals surface area contributed by atoms with Crippen molar-refractivity contribution >= 4 is 15.4 Å². The van der Waals surface area contributed by atoms with Crippen molar-refractivity contribution in [1.82, 2.24) is 0 Å². The van der Waals surface area contributed by atoms with Gasteiger partial charge in [-0.25, -0.2) is 8.42 Å². The normalized spacial score (nSPS) is 17.7. The SMILES string of the molecule is Cc1cccc2c1S(=O)(=O)C=C2CO. The smallest absolute Gasteiger partial charge is 0.201 e. The zero-order chi connectivity index (χ0) is 10.3. The van der Waals surface area contributed by atoms with Crippen molar-refractivity contribution in [2.24, 2.45) is 0 Å². The first-order chi connectivity index (χ1) is 6.56. The molecule has 4 heteroatoms. The van der Waals surface area contributed by atoms with Gasteiger partial charge >= 0.3 is 0 Å². The Morgan fingerprint density at radius 3 is 2.71 bits per heavy atom. The summed E-state index contributed by atoms with van der Waals surface area (Å²) < 4.78 is 23.3. The third-order valence-electron chi connectivity index (χ3n) is 2.31. The van der Waals surface area contributed by atoms with Gasteiger partial charge in [0.05, 0.1) is 11.5 Å². The van der Waals surface area contributed by atoms with E-state index in [2.05, 4.69) is 0 Å². The van der Waals surface area contributed by atoms with Gasteiger partial charge in [0.1, 0.15) is 0 Å². The molecule has 0 saturated heterocycles. The Hall–Kier alpha value is -1.13. The van der Waals surface area contributed by atoms with Gasteiger partial charge in [-0.2, -0.15) is 0 Å². The number of hydrogen-bond donors (Lipinski definition) is 1. The lowest BCUT2D eigenvalue weighted by atomic mass is 10.1. The zero-order valence-electron chi connectivity index (χ0n) is 7.69. The first kappa shape index (κ1) is 9.43. The Morgan fingerprint density at radius 2 is 2.07 bits per heavy atom. The number of hydrogen-bond acceptors (Lipinski definition) is 3. The first-order valence-corrected chi connectivity index (χ1v) is 5.77. The largest absolute Gasteiger partial charge is 0.392 e. The summed E-state index contributed by atoms with van der Waals surface area (Å²) in [6.07, 6.45) is 0. The monoisotopic (exact) mass is 210 g/mol. The molecule has 0 saturated carbocycles. The van der Waals surface area contributed by atoms with E-state index in [0.717, 1.165) is 11.0 Å². The molecule has 0 fully saturated rings. The van der Waals surface area contributed by atoms with Crippen LogP contribution in [0.25, 0.3) is 5.57 Å². The summed E-state index contributed by atoms with van der Waals surface area (Å²) in [6.45, 7) is 1.51. The molecule has 0 radical (unpaired) electrons. The predicted octanol–water partition coefficient (Wildman–Crippen LogP) is 1.12. The van der Waals surface area contributed by atoms with Gasteiger partial charge in [0.2, 0.25) is 9.84 Å². The summed E-state index contributed by atoms with van der Waals surface area (Å²) in [7, 11) is -3.32. The Morgan fingerprint density at radius 1 is 1.36 bits per heavy atom. The van der Waals surface area contributed by atoms with Gasteiger partial charge in [-0.1, -0.05) is 18.2 Å². The Bertz CT molecular complexity index is 512. The predicted molar refractivity (Wildman–Crippen MR) is 53.4 cm³/mol. The summed E-state index contributed by atoms with van der Waals surface area (Å²) in [5.41, 5.74) is 1.83. The van der Waals surface area contributed by atoms with Crippen LogP contribution in [0, 0.1) is 6.92 Å². The standard InChI is InChI=1S/C10H10O3S/c1-7-3-2-4-9-8(5-11)6-14(12,13)10(7)9/h2-4,6,11H,5H2,1H3. The molecule has 0 unspecified atom stereocenters. The number of benzene rings is 1. The van der Waals surface area contributed by atoms with Crippen LogP contribution in [0.5, 0.6) is 0 Å². The lowest BCUT2D eigenvalue weighted by Crippen LogP contribution is -1.96. The molecule has 0 spiro atoms. The highest BCUT2D eigenvalue weighted by molar-refractivity contribution is 7.95. The summed E-state index contributed by atoms with van der Waals surface area (Å²) in [4.78, 5) is 0.337. The summed E-state index contributed by atoms with van der Waals surface area (Å²) in [5, 5.41) is 10.1. The lowest BCUT2D eigenvalue weighted by Gasteiger charge is -2.03. The van der Waals surface area contributed by atoms with E-state index in [1.807, 2.05) is 0 Å². The molecule has 14 heavy (non-hydrogen) atoms. The van der Waals surface area contributed by atoms with E-state index in [0.29, 0.717) is 16.0 Å².